The number of Topliss-reactive ketones (excluding diaryl/α,β-unsaturated/α-hetero) is 1. The van der Waals surface area contributed by atoms with Crippen molar-refractivity contribution < 1.29 is 27.5 Å². The van der Waals surface area contributed by atoms with Gasteiger partial charge in [0, 0.05) is 70.3 Å². The maximum atomic E-state index is 14.6. The average Bonchev–Trinajstić information content (AvgIpc) is 3.52. The number of carboxylic acid groups (broad SMARTS) is 1. The van der Waals surface area contributed by atoms with Crippen LogP contribution in [-0.2, 0) is 19.4 Å². The van der Waals surface area contributed by atoms with E-state index in [1.165, 1.54) is 47.5 Å². The molecule has 0 aromatic heterocycles. The quantitative estimate of drug-likeness (QED) is 0.231. The van der Waals surface area contributed by atoms with Crippen molar-refractivity contribution in [2.24, 2.45) is 51.2 Å². The van der Waals surface area contributed by atoms with Gasteiger partial charge in [-0.2, -0.15) is 11.8 Å². The van der Waals surface area contributed by atoms with Crippen LogP contribution in [0.1, 0.15) is 119 Å². The number of halogens is 1. The number of allylic oxidation sites excluding steroid dienone is 5. The molecule has 2 aliphatic heterocycles. The summed E-state index contributed by atoms with van der Waals surface area (Å²) in [7, 11) is -2.45. The first-order valence-electron chi connectivity index (χ1n) is 23.6. The Hall–Kier alpha value is -1.53. The van der Waals surface area contributed by atoms with E-state index in [-0.39, 0.29) is 50.5 Å². The lowest BCUT2D eigenvalue weighted by molar-refractivity contribution is -0.200. The zero-order valence-corrected chi connectivity index (χ0v) is 40.1. The third kappa shape index (κ3) is 7.88. The van der Waals surface area contributed by atoms with Crippen LogP contribution in [0.15, 0.2) is 34.4 Å². The van der Waals surface area contributed by atoms with Gasteiger partial charge < -0.3 is 14.9 Å². The van der Waals surface area contributed by atoms with Gasteiger partial charge in [0.25, 0.3) is 0 Å². The van der Waals surface area contributed by atoms with Crippen LogP contribution in [0.2, 0.25) is 0 Å². The SMILES string of the molecule is CC(C)C1=C2C3CC[C@@H]4C5(C)CC=C(C6=CCC(C(=O)O)CC6)C(C)(C)C5CCC4(C)[C@]3(C)CCC2(N(CCN2CCSCC2)CCN2CCS(=O)(=O)CC2)CC1=O.CF. The number of fused-ring (bicyclic) bond motifs is 7. The molecule has 2 heterocycles. The van der Waals surface area contributed by atoms with Gasteiger partial charge in [-0.1, -0.05) is 60.6 Å². The van der Waals surface area contributed by atoms with E-state index in [1.54, 1.807) is 0 Å². The molecule has 2 saturated heterocycles. The molecule has 5 fully saturated rings. The van der Waals surface area contributed by atoms with Crippen LogP contribution < -0.4 is 0 Å². The number of hydrogen-bond donors (Lipinski definition) is 1. The molecule has 8 atom stereocenters. The Balaban J connectivity index is 0.00000268. The van der Waals surface area contributed by atoms with Gasteiger partial charge in [-0.3, -0.25) is 18.9 Å². The minimum atomic E-state index is -2.95. The molecule has 0 spiro atoms. The second-order valence-electron chi connectivity index (χ2n) is 21.7. The van der Waals surface area contributed by atoms with Crippen molar-refractivity contribution in [3.05, 3.63) is 34.4 Å². The molecule has 0 amide bonds. The first-order chi connectivity index (χ1) is 28.4. The second kappa shape index (κ2) is 17.5. The van der Waals surface area contributed by atoms with Gasteiger partial charge in [0.1, 0.15) is 0 Å². The van der Waals surface area contributed by atoms with E-state index < -0.39 is 15.8 Å². The summed E-state index contributed by atoms with van der Waals surface area (Å²) in [4.78, 5) is 34.2. The molecule has 6 aliphatic carbocycles. The van der Waals surface area contributed by atoms with Crippen LogP contribution in [0.25, 0.3) is 0 Å². The molecule has 0 aromatic carbocycles. The number of nitrogens with zero attached hydrogens (tertiary/aromatic N) is 3. The lowest BCUT2D eigenvalue weighted by Gasteiger charge is -2.72. The lowest BCUT2D eigenvalue weighted by atomic mass is 9.33. The van der Waals surface area contributed by atoms with E-state index in [0.717, 1.165) is 83.4 Å². The van der Waals surface area contributed by atoms with Crippen LogP contribution >= 0.6 is 11.8 Å². The molecule has 60 heavy (non-hydrogen) atoms. The zero-order valence-electron chi connectivity index (χ0n) is 38.4. The van der Waals surface area contributed by atoms with Crippen molar-refractivity contribution in [2.45, 2.75) is 125 Å². The van der Waals surface area contributed by atoms with Gasteiger partial charge in [0.05, 0.1) is 30.1 Å². The van der Waals surface area contributed by atoms with Crippen molar-refractivity contribution in [3.63, 3.8) is 0 Å². The molecule has 3 saturated carbocycles. The lowest BCUT2D eigenvalue weighted by Crippen LogP contribution is -2.66. The van der Waals surface area contributed by atoms with Crippen molar-refractivity contribution in [3.8, 4) is 0 Å². The Kier molecular flexibility index (Phi) is 13.5. The predicted molar refractivity (Wildman–Crippen MR) is 244 cm³/mol. The summed E-state index contributed by atoms with van der Waals surface area (Å²) >= 11 is 2.06. The molecule has 1 N–H and O–H groups in total. The molecule has 6 unspecified atom stereocenters. The highest BCUT2D eigenvalue weighted by Crippen LogP contribution is 2.76. The highest BCUT2D eigenvalue weighted by Gasteiger charge is 2.70. The van der Waals surface area contributed by atoms with Crippen LogP contribution in [0.5, 0.6) is 0 Å². The maximum absolute atomic E-state index is 14.6. The van der Waals surface area contributed by atoms with Gasteiger partial charge in [0.2, 0.25) is 0 Å². The van der Waals surface area contributed by atoms with E-state index in [1.807, 2.05) is 0 Å². The van der Waals surface area contributed by atoms with Gasteiger partial charge in [-0.05, 0) is 132 Å². The largest absolute Gasteiger partial charge is 0.481 e. The minimum Gasteiger partial charge on any atom is -0.481 e. The molecule has 338 valence electrons. The second-order valence-corrected chi connectivity index (χ2v) is 25.3. The number of rotatable bonds is 10. The van der Waals surface area contributed by atoms with Crippen molar-refractivity contribution >= 4 is 33.4 Å². The Morgan fingerprint density at radius 2 is 1.53 bits per heavy atom. The number of carbonyl (C=O) groups excluding carboxylic acids is 1. The Morgan fingerprint density at radius 3 is 2.13 bits per heavy atom. The number of aliphatic carboxylic acids is 1. The third-order valence-corrected chi connectivity index (χ3v) is 21.1. The fraction of sp³-hybridized carbons (Fsp3) is 0.837. The monoisotopic (exact) mass is 872 g/mol. The average molecular weight is 872 g/mol. The summed E-state index contributed by atoms with van der Waals surface area (Å²) in [6.45, 7) is 24.7. The first kappa shape index (κ1) is 46.5. The Bertz CT molecular complexity index is 1840. The fourth-order valence-corrected chi connectivity index (χ4v) is 17.6. The van der Waals surface area contributed by atoms with Gasteiger partial charge in [0.15, 0.2) is 15.6 Å². The minimum absolute atomic E-state index is 0.0347. The third-order valence-electron chi connectivity index (χ3n) is 18.6. The number of thioether (sulfide) groups is 1. The molecule has 8 nitrogen and oxygen atoms in total. The Labute approximate surface area is 366 Å². The molecule has 8 rings (SSSR count). The summed E-state index contributed by atoms with van der Waals surface area (Å²) in [5.41, 5.74) is 5.80. The van der Waals surface area contributed by atoms with Crippen LogP contribution in [0, 0.1) is 51.2 Å². The van der Waals surface area contributed by atoms with E-state index >= 15 is 0 Å². The topological polar surface area (TPSA) is 98.2 Å². The summed E-state index contributed by atoms with van der Waals surface area (Å²) in [5, 5.41) is 9.68. The van der Waals surface area contributed by atoms with Gasteiger partial charge in [-0.15, -0.1) is 0 Å². The molecule has 0 radical (unpaired) electrons. The van der Waals surface area contributed by atoms with Crippen LogP contribution in [0.3, 0.4) is 0 Å². The summed E-state index contributed by atoms with van der Waals surface area (Å²) in [6, 6.07) is 0. The molecular weight excluding hydrogens is 794 g/mol. The number of alkyl halides is 1. The molecular formula is C49H78FN3O5S2. The van der Waals surface area contributed by atoms with E-state index in [2.05, 4.69) is 87.1 Å². The zero-order chi connectivity index (χ0) is 43.5. The highest BCUT2D eigenvalue weighted by molar-refractivity contribution is 7.99. The summed E-state index contributed by atoms with van der Waals surface area (Å²) in [5.74, 6) is 4.12. The first-order valence-corrected chi connectivity index (χ1v) is 26.6. The van der Waals surface area contributed by atoms with Gasteiger partial charge >= 0.3 is 5.97 Å². The molecule has 11 heteroatoms. The van der Waals surface area contributed by atoms with Crippen LogP contribution in [-0.4, -0.2) is 128 Å². The van der Waals surface area contributed by atoms with Crippen molar-refractivity contribution in [2.75, 3.05) is 82.5 Å². The van der Waals surface area contributed by atoms with Crippen molar-refractivity contribution in [1.29, 1.82) is 0 Å². The number of carboxylic acids is 1. The standard InChI is InChI=1S/C48H75N3O5S2.CH3F/c1-33(2)41-38(52)32-48(51(22-20-49-24-28-57-29-25-49)23-21-50-26-30-58(55,56)31-27-50)19-18-46(6)37(42(41)48)12-13-40-45(5)16-14-36(34-8-10-35(11-9-34)43(53)54)44(3,4)39(45)15-17-47(40,46)7;1-2/h8,14,33,35,37,39-40H,9-13,15-32H2,1-7H3,(H,53,54);1H3/t35?,37?,39?,40-,45?,46-,47?,48?;/m1./s1. The van der Waals surface area contributed by atoms with E-state index in [0.29, 0.717) is 56.6 Å². The normalized spacial score (nSPS) is 39.1. The van der Waals surface area contributed by atoms with Crippen molar-refractivity contribution in [1.82, 2.24) is 14.7 Å². The summed E-state index contributed by atoms with van der Waals surface area (Å²) < 4.78 is 34.2. The molecule has 0 bridgehead atoms. The smallest absolute Gasteiger partial charge is 0.306 e. The number of carbonyl (C=O) groups is 2. The van der Waals surface area contributed by atoms with E-state index in [4.69, 9.17) is 0 Å². The molecule has 0 aromatic rings. The number of hydrogen-bond acceptors (Lipinski definition) is 8. The van der Waals surface area contributed by atoms with E-state index in [9.17, 15) is 27.5 Å². The fourth-order valence-electron chi connectivity index (χ4n) is 15.3. The highest BCUT2D eigenvalue weighted by atomic mass is 32.2. The number of sulfone groups is 1. The summed E-state index contributed by atoms with van der Waals surface area (Å²) in [6.07, 6.45) is 15.8. The van der Waals surface area contributed by atoms with Crippen LogP contribution in [0.4, 0.5) is 4.39 Å². The maximum Gasteiger partial charge on any atom is 0.306 e. The Morgan fingerprint density at radius 1 is 0.883 bits per heavy atom. The van der Waals surface area contributed by atoms with Gasteiger partial charge in [-0.25, -0.2) is 8.42 Å². The molecule has 8 aliphatic rings. The number of ketones is 1. The predicted octanol–water partition coefficient (Wildman–Crippen LogP) is 8.73.